The van der Waals surface area contributed by atoms with E-state index in [2.05, 4.69) is 5.32 Å². The molecule has 1 N–H and O–H groups in total. The highest BCUT2D eigenvalue weighted by Gasteiger charge is 2.20. The van der Waals surface area contributed by atoms with E-state index in [0.717, 1.165) is 0 Å². The molecule has 17 heavy (non-hydrogen) atoms. The Bertz CT molecular complexity index is 297. The second-order valence-electron chi connectivity index (χ2n) is 2.44. The maximum atomic E-state index is 10.9. The second kappa shape index (κ2) is 9.68. The number of hydrogen-bond donors (Lipinski definition) is 1. The monoisotopic (exact) mass is 252 g/mol. The number of nitrogens with one attached hydrogen (secondary N) is 1. The van der Waals surface area contributed by atoms with E-state index in [9.17, 15) is 22.1 Å². The molecule has 1 amide bonds. The Morgan fingerprint density at radius 2 is 1.41 bits per heavy atom. The Kier molecular flexibility index (Phi) is 10.2. The molecule has 0 fully saturated rings. The first kappa shape index (κ1) is 17.9. The summed E-state index contributed by atoms with van der Waals surface area (Å²) in [6, 6.07) is 9.11. The van der Waals surface area contributed by atoms with Crippen molar-refractivity contribution in [3.63, 3.8) is 0 Å². The molecular formula is C10H15BF4NO-. The normalized spacial score (nSPS) is 9.12. The van der Waals surface area contributed by atoms with Crippen molar-refractivity contribution >= 4 is 13.2 Å². The lowest BCUT2D eigenvalue weighted by Crippen LogP contribution is -2.17. The number of amides is 1. The van der Waals surface area contributed by atoms with Gasteiger partial charge in [-0.15, -0.1) is 0 Å². The van der Waals surface area contributed by atoms with Gasteiger partial charge in [0.05, 0.1) is 0 Å². The van der Waals surface area contributed by atoms with Crippen LogP contribution in [-0.4, -0.2) is 20.2 Å². The number of carbonyl (C=O) groups excluding carboxylic acids is 1. The van der Waals surface area contributed by atoms with Gasteiger partial charge in [0.25, 0.3) is 5.91 Å². The third kappa shape index (κ3) is 14.5. The summed E-state index contributed by atoms with van der Waals surface area (Å²) in [6.45, 7) is 4.00. The van der Waals surface area contributed by atoms with E-state index in [0.29, 0.717) is 5.56 Å². The van der Waals surface area contributed by atoms with Crippen molar-refractivity contribution in [3.8, 4) is 0 Å². The molecule has 0 radical (unpaired) electrons. The van der Waals surface area contributed by atoms with E-state index in [1.807, 2.05) is 32.0 Å². The van der Waals surface area contributed by atoms with Gasteiger partial charge < -0.3 is 22.6 Å². The van der Waals surface area contributed by atoms with Crippen LogP contribution in [0.25, 0.3) is 0 Å². The van der Waals surface area contributed by atoms with E-state index >= 15 is 0 Å². The Balaban J connectivity index is 0. The summed E-state index contributed by atoms with van der Waals surface area (Å²) in [5, 5.41) is 2.54. The standard InChI is InChI=1S/C8H9NO.C2H6.BF4/c1-9-8(10)7-5-3-2-4-6-7;1-2;2-1(3,4)5/h2-6H,1H3,(H,9,10);1-2H3;/q;;-1. The van der Waals surface area contributed by atoms with Crippen molar-refractivity contribution < 1.29 is 22.1 Å². The summed E-state index contributed by atoms with van der Waals surface area (Å²) >= 11 is 0. The van der Waals surface area contributed by atoms with Gasteiger partial charge in [0, 0.05) is 12.6 Å². The maximum absolute atomic E-state index is 10.9. The van der Waals surface area contributed by atoms with Gasteiger partial charge in [-0.3, -0.25) is 4.79 Å². The third-order valence-electron chi connectivity index (χ3n) is 1.26. The molecule has 0 aliphatic heterocycles. The van der Waals surface area contributed by atoms with Crippen molar-refractivity contribution in [2.45, 2.75) is 13.8 Å². The van der Waals surface area contributed by atoms with Gasteiger partial charge in [-0.2, -0.15) is 0 Å². The zero-order valence-electron chi connectivity index (χ0n) is 9.88. The molecule has 7 heteroatoms. The van der Waals surface area contributed by atoms with E-state index in [1.165, 1.54) is 0 Å². The molecule has 0 atom stereocenters. The fourth-order valence-corrected chi connectivity index (χ4v) is 0.734. The van der Waals surface area contributed by atoms with Gasteiger partial charge in [0.2, 0.25) is 0 Å². The minimum absolute atomic E-state index is 0.0411. The van der Waals surface area contributed by atoms with Crippen LogP contribution in [0.5, 0.6) is 0 Å². The average Bonchev–Trinajstić information content (AvgIpc) is 2.30. The molecule has 1 rings (SSSR count). The molecule has 0 heterocycles. The summed E-state index contributed by atoms with van der Waals surface area (Å²) in [7, 11) is -4.38. The molecule has 2 nitrogen and oxygen atoms in total. The number of hydrogen-bond acceptors (Lipinski definition) is 1. The van der Waals surface area contributed by atoms with Crippen molar-refractivity contribution in [3.05, 3.63) is 35.9 Å². The fourth-order valence-electron chi connectivity index (χ4n) is 0.734. The molecule has 1 aromatic rings. The predicted molar refractivity (Wildman–Crippen MR) is 61.4 cm³/mol. The molecule has 0 aliphatic rings. The molecule has 0 spiro atoms. The van der Waals surface area contributed by atoms with Crippen LogP contribution in [-0.2, 0) is 0 Å². The maximum Gasteiger partial charge on any atom is 0.673 e. The van der Waals surface area contributed by atoms with Crippen LogP contribution in [0.4, 0.5) is 17.3 Å². The van der Waals surface area contributed by atoms with Crippen LogP contribution in [0.2, 0.25) is 0 Å². The van der Waals surface area contributed by atoms with Crippen LogP contribution in [0.1, 0.15) is 24.2 Å². The van der Waals surface area contributed by atoms with Gasteiger partial charge in [-0.1, -0.05) is 32.0 Å². The highest BCUT2D eigenvalue weighted by Crippen LogP contribution is 2.06. The van der Waals surface area contributed by atoms with E-state index in [1.54, 1.807) is 19.2 Å². The topological polar surface area (TPSA) is 29.1 Å². The third-order valence-corrected chi connectivity index (χ3v) is 1.26. The van der Waals surface area contributed by atoms with Crippen LogP contribution >= 0.6 is 0 Å². The van der Waals surface area contributed by atoms with E-state index in [4.69, 9.17) is 0 Å². The molecule has 0 unspecified atom stereocenters. The quantitative estimate of drug-likeness (QED) is 0.602. The Morgan fingerprint density at radius 1 is 1.06 bits per heavy atom. The van der Waals surface area contributed by atoms with Gasteiger partial charge in [0.15, 0.2) is 0 Å². The second-order valence-corrected chi connectivity index (χ2v) is 2.44. The van der Waals surface area contributed by atoms with Crippen LogP contribution in [0, 0.1) is 0 Å². The molecule has 1 aromatic carbocycles. The number of benzene rings is 1. The molecule has 98 valence electrons. The van der Waals surface area contributed by atoms with Gasteiger partial charge in [-0.05, 0) is 12.1 Å². The number of rotatable bonds is 1. The van der Waals surface area contributed by atoms with E-state index < -0.39 is 7.25 Å². The van der Waals surface area contributed by atoms with Gasteiger partial charge >= 0.3 is 7.25 Å². The molecule has 0 saturated heterocycles. The Morgan fingerprint density at radius 3 is 1.71 bits per heavy atom. The summed E-state index contributed by atoms with van der Waals surface area (Å²) in [4.78, 5) is 10.9. The minimum Gasteiger partial charge on any atom is -0.418 e. The smallest absolute Gasteiger partial charge is 0.418 e. The summed E-state index contributed by atoms with van der Waals surface area (Å²) in [5.74, 6) is -0.0411. The average molecular weight is 252 g/mol. The van der Waals surface area contributed by atoms with Crippen LogP contribution in [0.3, 0.4) is 0 Å². The van der Waals surface area contributed by atoms with Gasteiger partial charge in [-0.25, -0.2) is 0 Å². The Labute approximate surface area is 98.1 Å². The SMILES string of the molecule is CC.CNC(=O)c1ccccc1.F[B-](F)(F)F. The number of halogens is 4. The molecular weight excluding hydrogens is 237 g/mol. The highest BCUT2D eigenvalue weighted by atomic mass is 19.5. The lowest BCUT2D eigenvalue weighted by molar-refractivity contribution is 0.0963. The first-order chi connectivity index (χ1) is 7.84. The lowest BCUT2D eigenvalue weighted by Gasteiger charge is -1.96. The summed E-state index contributed by atoms with van der Waals surface area (Å²) in [5.41, 5.74) is 0.699. The summed E-state index contributed by atoms with van der Waals surface area (Å²) < 4.78 is 39.0. The molecule has 0 aliphatic carbocycles. The van der Waals surface area contributed by atoms with Crippen molar-refractivity contribution in [1.82, 2.24) is 5.32 Å². The fraction of sp³-hybridized carbons (Fsp3) is 0.300. The van der Waals surface area contributed by atoms with E-state index in [-0.39, 0.29) is 5.91 Å². The zero-order chi connectivity index (χ0) is 13.9. The number of carbonyl (C=O) groups is 1. The summed E-state index contributed by atoms with van der Waals surface area (Å²) in [6.07, 6.45) is 0. The first-order valence-electron chi connectivity index (χ1n) is 4.99. The highest BCUT2D eigenvalue weighted by molar-refractivity contribution is 6.50. The predicted octanol–water partition coefficient (Wildman–Crippen LogP) is 3.37. The van der Waals surface area contributed by atoms with Crippen molar-refractivity contribution in [1.29, 1.82) is 0 Å². The largest absolute Gasteiger partial charge is 0.673 e. The first-order valence-corrected chi connectivity index (χ1v) is 4.99. The zero-order valence-corrected chi connectivity index (χ0v) is 9.88. The lowest BCUT2D eigenvalue weighted by atomic mass is 10.2. The molecule has 0 bridgehead atoms. The molecule has 0 aromatic heterocycles. The van der Waals surface area contributed by atoms with Crippen molar-refractivity contribution in [2.75, 3.05) is 7.05 Å². The Hall–Kier alpha value is -1.53. The van der Waals surface area contributed by atoms with Crippen molar-refractivity contribution in [2.24, 2.45) is 0 Å². The minimum atomic E-state index is -6.00. The van der Waals surface area contributed by atoms with Crippen LogP contribution in [0.15, 0.2) is 30.3 Å². The molecule has 0 saturated carbocycles. The van der Waals surface area contributed by atoms with Crippen LogP contribution < -0.4 is 5.32 Å². The van der Waals surface area contributed by atoms with Gasteiger partial charge in [0.1, 0.15) is 0 Å².